The maximum absolute atomic E-state index is 12.3. The monoisotopic (exact) mass is 317 g/mol. The fraction of sp³-hybridized carbons (Fsp3) is 0.333. The second-order valence-electron chi connectivity index (χ2n) is 4.82. The molecule has 2 aromatic rings. The summed E-state index contributed by atoms with van der Waals surface area (Å²) >= 11 is 3.02. The minimum Gasteiger partial charge on any atom is -0.312 e. The number of fused-ring (bicyclic) bond motifs is 1. The number of carbonyl (C=O) groups is 1. The van der Waals surface area contributed by atoms with Gasteiger partial charge in [-0.05, 0) is 37.1 Å². The molecule has 1 aliphatic rings. The predicted octanol–water partition coefficient (Wildman–Crippen LogP) is 3.14. The molecule has 0 spiro atoms. The zero-order chi connectivity index (χ0) is 14.8. The molecule has 0 atom stereocenters. The van der Waals surface area contributed by atoms with Crippen molar-refractivity contribution in [2.45, 2.75) is 26.3 Å². The van der Waals surface area contributed by atoms with Gasteiger partial charge in [0.15, 0.2) is 0 Å². The SMILES string of the molecule is CCc1ccc(C(=O)Nc2sc3c(c2C#N)CCNC3)s1. The lowest BCUT2D eigenvalue weighted by molar-refractivity contribution is 0.103. The van der Waals surface area contributed by atoms with Crippen molar-refractivity contribution in [3.63, 3.8) is 0 Å². The first-order valence-corrected chi connectivity index (χ1v) is 8.51. The molecule has 6 heteroatoms. The van der Waals surface area contributed by atoms with Crippen LogP contribution in [0.4, 0.5) is 5.00 Å². The van der Waals surface area contributed by atoms with Crippen LogP contribution >= 0.6 is 22.7 Å². The Labute approximate surface area is 131 Å². The van der Waals surface area contributed by atoms with E-state index in [1.807, 2.05) is 12.1 Å². The Morgan fingerprint density at radius 1 is 1.48 bits per heavy atom. The van der Waals surface area contributed by atoms with E-state index in [2.05, 4.69) is 23.6 Å². The molecule has 4 nitrogen and oxygen atoms in total. The van der Waals surface area contributed by atoms with Crippen LogP contribution < -0.4 is 10.6 Å². The molecule has 21 heavy (non-hydrogen) atoms. The third-order valence-corrected chi connectivity index (χ3v) is 5.88. The van der Waals surface area contributed by atoms with Crippen LogP contribution in [-0.2, 0) is 19.4 Å². The van der Waals surface area contributed by atoms with Crippen molar-refractivity contribution in [2.24, 2.45) is 0 Å². The molecule has 3 rings (SSSR count). The average molecular weight is 317 g/mol. The molecular weight excluding hydrogens is 302 g/mol. The fourth-order valence-corrected chi connectivity index (χ4v) is 4.40. The number of thiophene rings is 2. The van der Waals surface area contributed by atoms with Crippen molar-refractivity contribution in [3.05, 3.63) is 37.9 Å². The lowest BCUT2D eigenvalue weighted by Crippen LogP contribution is -2.22. The highest BCUT2D eigenvalue weighted by Crippen LogP contribution is 2.35. The minimum absolute atomic E-state index is 0.122. The van der Waals surface area contributed by atoms with Crippen LogP contribution in [0.1, 0.15) is 37.5 Å². The topological polar surface area (TPSA) is 64.9 Å². The molecule has 0 saturated heterocycles. The molecule has 1 aliphatic heterocycles. The summed E-state index contributed by atoms with van der Waals surface area (Å²) < 4.78 is 0. The number of carbonyl (C=O) groups excluding carboxylic acids is 1. The molecule has 2 aromatic heterocycles. The largest absolute Gasteiger partial charge is 0.312 e. The van der Waals surface area contributed by atoms with E-state index >= 15 is 0 Å². The third-order valence-electron chi connectivity index (χ3n) is 3.50. The maximum Gasteiger partial charge on any atom is 0.266 e. The highest BCUT2D eigenvalue weighted by atomic mass is 32.1. The van der Waals surface area contributed by atoms with Gasteiger partial charge in [-0.2, -0.15) is 5.26 Å². The molecular formula is C15H15N3OS2. The van der Waals surface area contributed by atoms with Crippen LogP contribution in [0.5, 0.6) is 0 Å². The summed E-state index contributed by atoms with van der Waals surface area (Å²) in [4.78, 5) is 15.4. The van der Waals surface area contributed by atoms with Crippen LogP contribution in [0.15, 0.2) is 12.1 Å². The normalized spacial score (nSPS) is 13.5. The molecule has 0 saturated carbocycles. The first-order chi connectivity index (χ1) is 10.2. The maximum atomic E-state index is 12.3. The first-order valence-electron chi connectivity index (χ1n) is 6.88. The number of nitriles is 1. The van der Waals surface area contributed by atoms with E-state index in [1.165, 1.54) is 27.6 Å². The van der Waals surface area contributed by atoms with Crippen molar-refractivity contribution in [2.75, 3.05) is 11.9 Å². The lowest BCUT2D eigenvalue weighted by atomic mass is 10.1. The fourth-order valence-electron chi connectivity index (χ4n) is 2.40. The minimum atomic E-state index is -0.122. The quantitative estimate of drug-likeness (QED) is 0.914. The highest BCUT2D eigenvalue weighted by Gasteiger charge is 2.22. The first kappa shape index (κ1) is 14.3. The number of anilines is 1. The van der Waals surface area contributed by atoms with Gasteiger partial charge in [0.25, 0.3) is 5.91 Å². The van der Waals surface area contributed by atoms with Gasteiger partial charge < -0.3 is 10.6 Å². The number of aryl methyl sites for hydroxylation is 1. The van der Waals surface area contributed by atoms with Crippen LogP contribution in [0.3, 0.4) is 0 Å². The van der Waals surface area contributed by atoms with Gasteiger partial charge in [0.1, 0.15) is 11.1 Å². The molecule has 0 bridgehead atoms. The van der Waals surface area contributed by atoms with Crippen LogP contribution in [0.25, 0.3) is 0 Å². The number of hydrogen-bond donors (Lipinski definition) is 2. The summed E-state index contributed by atoms with van der Waals surface area (Å²) in [6, 6.07) is 6.08. The van der Waals surface area contributed by atoms with E-state index in [0.29, 0.717) is 15.4 Å². The molecule has 3 heterocycles. The number of nitrogens with zero attached hydrogens (tertiary/aromatic N) is 1. The van der Waals surface area contributed by atoms with Crippen LogP contribution in [0.2, 0.25) is 0 Å². The molecule has 1 amide bonds. The van der Waals surface area contributed by atoms with Crippen molar-refractivity contribution in [1.82, 2.24) is 5.32 Å². The second-order valence-corrected chi connectivity index (χ2v) is 7.09. The molecule has 0 radical (unpaired) electrons. The van der Waals surface area contributed by atoms with Crippen molar-refractivity contribution in [3.8, 4) is 6.07 Å². The Morgan fingerprint density at radius 3 is 3.05 bits per heavy atom. The molecule has 2 N–H and O–H groups in total. The molecule has 0 aromatic carbocycles. The van der Waals surface area contributed by atoms with E-state index in [-0.39, 0.29) is 5.91 Å². The molecule has 108 valence electrons. The van der Waals surface area contributed by atoms with Gasteiger partial charge in [-0.1, -0.05) is 6.92 Å². The predicted molar refractivity (Wildman–Crippen MR) is 86.1 cm³/mol. The summed E-state index contributed by atoms with van der Waals surface area (Å²) in [7, 11) is 0. The number of nitrogens with one attached hydrogen (secondary N) is 2. The zero-order valence-corrected chi connectivity index (χ0v) is 13.3. The van der Waals surface area contributed by atoms with Crippen molar-refractivity contribution in [1.29, 1.82) is 5.26 Å². The summed E-state index contributed by atoms with van der Waals surface area (Å²) in [5, 5.41) is 16.3. The molecule has 0 fully saturated rings. The van der Waals surface area contributed by atoms with Gasteiger partial charge in [-0.3, -0.25) is 4.79 Å². The van der Waals surface area contributed by atoms with Crippen molar-refractivity contribution < 1.29 is 4.79 Å². The van der Waals surface area contributed by atoms with Gasteiger partial charge >= 0.3 is 0 Å². The number of amides is 1. The molecule has 0 aliphatic carbocycles. The lowest BCUT2D eigenvalue weighted by Gasteiger charge is -2.11. The highest BCUT2D eigenvalue weighted by molar-refractivity contribution is 7.17. The Morgan fingerprint density at radius 2 is 2.33 bits per heavy atom. The Hall–Kier alpha value is -1.68. The van der Waals surface area contributed by atoms with E-state index in [1.54, 1.807) is 0 Å². The summed E-state index contributed by atoms with van der Waals surface area (Å²) in [5.74, 6) is -0.122. The van der Waals surface area contributed by atoms with Gasteiger partial charge in [0.2, 0.25) is 0 Å². The second kappa shape index (κ2) is 5.98. The standard InChI is InChI=1S/C15H15N3OS2/c1-2-9-3-4-12(20-9)14(19)18-15-11(7-16)10-5-6-17-8-13(10)21-15/h3-4,17H,2,5-6,8H2,1H3,(H,18,19). The summed E-state index contributed by atoms with van der Waals surface area (Å²) in [6.07, 6.45) is 1.78. The Bertz CT molecular complexity index is 724. The molecule has 0 unspecified atom stereocenters. The summed E-state index contributed by atoms with van der Waals surface area (Å²) in [5.41, 5.74) is 1.73. The van der Waals surface area contributed by atoms with Gasteiger partial charge in [-0.15, -0.1) is 22.7 Å². The van der Waals surface area contributed by atoms with E-state index in [9.17, 15) is 10.1 Å². The van der Waals surface area contributed by atoms with Gasteiger partial charge in [0, 0.05) is 16.3 Å². The van der Waals surface area contributed by atoms with Gasteiger partial charge in [-0.25, -0.2) is 0 Å². The van der Waals surface area contributed by atoms with E-state index in [0.717, 1.165) is 36.4 Å². The number of hydrogen-bond acceptors (Lipinski definition) is 5. The average Bonchev–Trinajstić information content (AvgIpc) is 3.11. The van der Waals surface area contributed by atoms with Crippen molar-refractivity contribution >= 4 is 33.6 Å². The third kappa shape index (κ3) is 2.72. The zero-order valence-electron chi connectivity index (χ0n) is 11.7. The van der Waals surface area contributed by atoms with E-state index in [4.69, 9.17) is 0 Å². The van der Waals surface area contributed by atoms with E-state index < -0.39 is 0 Å². The Kier molecular flexibility index (Phi) is 4.06. The van der Waals surface area contributed by atoms with Crippen LogP contribution in [-0.4, -0.2) is 12.5 Å². The summed E-state index contributed by atoms with van der Waals surface area (Å²) in [6.45, 7) is 3.74. The Balaban J connectivity index is 1.86. The smallest absolute Gasteiger partial charge is 0.266 e. The van der Waals surface area contributed by atoms with Gasteiger partial charge in [0.05, 0.1) is 10.4 Å². The number of rotatable bonds is 3. The van der Waals surface area contributed by atoms with Crippen LogP contribution in [0, 0.1) is 11.3 Å².